The molecule has 0 aliphatic heterocycles. The quantitative estimate of drug-likeness (QED) is 0.166. The average Bonchev–Trinajstić information content (AvgIpc) is 3.61. The van der Waals surface area contributed by atoms with Crippen LogP contribution < -0.4 is 0 Å². The minimum Gasteiger partial charge on any atom is -0.309 e. The van der Waals surface area contributed by atoms with Crippen molar-refractivity contribution in [2.45, 2.75) is 0 Å². The lowest BCUT2D eigenvalue weighted by Gasteiger charge is -2.12. The van der Waals surface area contributed by atoms with Crippen molar-refractivity contribution in [2.24, 2.45) is 0 Å². The zero-order chi connectivity index (χ0) is 36.6. The monoisotopic (exact) mass is 702 g/mol. The van der Waals surface area contributed by atoms with Crippen LogP contribution in [-0.2, 0) is 0 Å². The van der Waals surface area contributed by atoms with Gasteiger partial charge in [0.25, 0.3) is 0 Å². The fourth-order valence-electron chi connectivity index (χ4n) is 7.49. The van der Waals surface area contributed by atoms with Gasteiger partial charge in [-0.25, -0.2) is 15.0 Å². The van der Waals surface area contributed by atoms with E-state index in [9.17, 15) is 0 Å². The first-order chi connectivity index (χ1) is 27.2. The Bertz CT molecular complexity index is 2930. The third-order valence-corrected chi connectivity index (χ3v) is 10.3. The van der Waals surface area contributed by atoms with Crippen molar-refractivity contribution < 1.29 is 0 Å². The highest BCUT2D eigenvalue weighted by Crippen LogP contribution is 2.36. The highest BCUT2D eigenvalue weighted by molar-refractivity contribution is 6.10. The topological polar surface area (TPSA) is 43.6 Å². The smallest absolute Gasteiger partial charge is 0.164 e. The van der Waals surface area contributed by atoms with E-state index in [0.717, 1.165) is 39.1 Å². The predicted molar refractivity (Wildman–Crippen MR) is 227 cm³/mol. The van der Waals surface area contributed by atoms with Crippen LogP contribution in [0.15, 0.2) is 206 Å². The Labute approximate surface area is 319 Å². The molecule has 0 unspecified atom stereocenters. The summed E-state index contributed by atoms with van der Waals surface area (Å²) in [7, 11) is 0. The maximum atomic E-state index is 5.01. The number of fused-ring (bicyclic) bond motifs is 3. The zero-order valence-corrected chi connectivity index (χ0v) is 29.9. The molecule has 0 bridgehead atoms. The molecule has 0 amide bonds. The molecule has 4 heteroatoms. The minimum absolute atomic E-state index is 0.635. The van der Waals surface area contributed by atoms with Crippen molar-refractivity contribution in [3.63, 3.8) is 0 Å². The Morgan fingerprint density at radius 2 is 0.636 bits per heavy atom. The van der Waals surface area contributed by atoms with Gasteiger partial charge in [-0.15, -0.1) is 0 Å². The Morgan fingerprint density at radius 1 is 0.255 bits per heavy atom. The second-order valence-corrected chi connectivity index (χ2v) is 13.7. The summed E-state index contributed by atoms with van der Waals surface area (Å²) in [5.74, 6) is 1.92. The van der Waals surface area contributed by atoms with Crippen LogP contribution in [-0.4, -0.2) is 19.5 Å². The number of para-hydroxylation sites is 1. The second-order valence-electron chi connectivity index (χ2n) is 13.7. The molecule has 0 atom stereocenters. The van der Waals surface area contributed by atoms with E-state index >= 15 is 0 Å². The molecule has 4 nitrogen and oxygen atoms in total. The number of hydrogen-bond acceptors (Lipinski definition) is 3. The van der Waals surface area contributed by atoms with Crippen LogP contribution in [0.5, 0.6) is 0 Å². The van der Waals surface area contributed by atoms with E-state index < -0.39 is 0 Å². The number of rotatable bonds is 7. The van der Waals surface area contributed by atoms with Gasteiger partial charge in [-0.2, -0.15) is 0 Å². The lowest BCUT2D eigenvalue weighted by molar-refractivity contribution is 1.07. The summed E-state index contributed by atoms with van der Waals surface area (Å²) in [4.78, 5) is 14.9. The average molecular weight is 703 g/mol. The summed E-state index contributed by atoms with van der Waals surface area (Å²) in [5, 5.41) is 2.48. The molecule has 0 radical (unpaired) electrons. The van der Waals surface area contributed by atoms with Crippen LogP contribution in [0.4, 0.5) is 0 Å². The first kappa shape index (κ1) is 32.2. The summed E-state index contributed by atoms with van der Waals surface area (Å²) >= 11 is 0. The van der Waals surface area contributed by atoms with Gasteiger partial charge in [0.2, 0.25) is 0 Å². The van der Waals surface area contributed by atoms with E-state index in [-0.39, 0.29) is 0 Å². The van der Waals surface area contributed by atoms with E-state index in [4.69, 9.17) is 15.0 Å². The van der Waals surface area contributed by atoms with Crippen molar-refractivity contribution in [1.29, 1.82) is 0 Å². The van der Waals surface area contributed by atoms with E-state index in [2.05, 4.69) is 174 Å². The maximum absolute atomic E-state index is 5.01. The van der Waals surface area contributed by atoms with Crippen molar-refractivity contribution in [3.8, 4) is 73.2 Å². The van der Waals surface area contributed by atoms with Crippen molar-refractivity contribution >= 4 is 21.8 Å². The highest BCUT2D eigenvalue weighted by atomic mass is 15.0. The standard InChI is InChI=1S/C51H34N4/c1-4-13-35(14-5-1)37-23-27-40(28-24-37)50-52-49(39-17-8-3-9-18-39)53-51(54-50)41-29-25-38(26-30-41)42-19-12-20-44(33-42)55-47-22-11-10-21-45(47)46-32-31-43(34-48(46)55)36-15-6-2-7-16-36/h1-34H. The Hall–Kier alpha value is -7.43. The molecule has 55 heavy (non-hydrogen) atoms. The third kappa shape index (κ3) is 6.16. The molecule has 0 aliphatic carbocycles. The fourth-order valence-corrected chi connectivity index (χ4v) is 7.49. The minimum atomic E-state index is 0.635. The summed E-state index contributed by atoms with van der Waals surface area (Å²) < 4.78 is 2.39. The molecule has 10 rings (SSSR count). The Morgan fingerprint density at radius 3 is 1.24 bits per heavy atom. The second kappa shape index (κ2) is 13.8. The van der Waals surface area contributed by atoms with Crippen LogP contribution in [0.2, 0.25) is 0 Å². The van der Waals surface area contributed by atoms with Gasteiger partial charge < -0.3 is 4.57 Å². The molecule has 8 aromatic carbocycles. The lowest BCUT2D eigenvalue weighted by Crippen LogP contribution is -2.00. The van der Waals surface area contributed by atoms with Crippen molar-refractivity contribution in [3.05, 3.63) is 206 Å². The summed E-state index contributed by atoms with van der Waals surface area (Å²) in [6, 6.07) is 72.3. The van der Waals surface area contributed by atoms with Crippen molar-refractivity contribution in [1.82, 2.24) is 19.5 Å². The molecule has 10 aromatic rings. The van der Waals surface area contributed by atoms with Gasteiger partial charge in [0.15, 0.2) is 17.5 Å². The molecular weight excluding hydrogens is 669 g/mol. The van der Waals surface area contributed by atoms with Crippen LogP contribution in [0.3, 0.4) is 0 Å². The molecule has 2 heterocycles. The van der Waals surface area contributed by atoms with E-state index in [1.165, 1.54) is 38.5 Å². The van der Waals surface area contributed by atoms with Gasteiger partial charge in [-0.3, -0.25) is 0 Å². The van der Waals surface area contributed by atoms with Gasteiger partial charge in [0, 0.05) is 33.2 Å². The first-order valence-corrected chi connectivity index (χ1v) is 18.5. The van der Waals surface area contributed by atoms with E-state index in [0.29, 0.717) is 17.5 Å². The summed E-state index contributed by atoms with van der Waals surface area (Å²) in [5.41, 5.74) is 13.3. The summed E-state index contributed by atoms with van der Waals surface area (Å²) in [6.07, 6.45) is 0. The molecule has 0 spiro atoms. The maximum Gasteiger partial charge on any atom is 0.164 e. The largest absolute Gasteiger partial charge is 0.309 e. The SMILES string of the molecule is c1ccc(-c2ccc(-c3nc(-c4ccccc4)nc(-c4ccc(-c5cccc(-n6c7ccccc7c7ccc(-c8ccccc8)cc76)c5)cc4)n3)cc2)cc1. The predicted octanol–water partition coefficient (Wildman–Crippen LogP) is 13.0. The molecule has 258 valence electrons. The number of benzene rings is 8. The molecule has 0 N–H and O–H groups in total. The Kier molecular flexibility index (Phi) is 8.12. The van der Waals surface area contributed by atoms with Gasteiger partial charge >= 0.3 is 0 Å². The van der Waals surface area contributed by atoms with Crippen LogP contribution in [0.1, 0.15) is 0 Å². The number of nitrogens with zero attached hydrogens (tertiary/aromatic N) is 4. The molecule has 2 aromatic heterocycles. The normalized spacial score (nSPS) is 11.3. The molecule has 0 saturated carbocycles. The van der Waals surface area contributed by atoms with Crippen LogP contribution in [0.25, 0.3) is 95.0 Å². The van der Waals surface area contributed by atoms with Gasteiger partial charge in [-0.1, -0.05) is 182 Å². The number of hydrogen-bond donors (Lipinski definition) is 0. The van der Waals surface area contributed by atoms with Gasteiger partial charge in [0.05, 0.1) is 11.0 Å². The molecule has 0 fully saturated rings. The molecule has 0 saturated heterocycles. The van der Waals surface area contributed by atoms with Crippen molar-refractivity contribution in [2.75, 3.05) is 0 Å². The molecular formula is C51H34N4. The number of aromatic nitrogens is 4. The molecule has 0 aliphatic rings. The van der Waals surface area contributed by atoms with Gasteiger partial charge in [0.1, 0.15) is 0 Å². The van der Waals surface area contributed by atoms with E-state index in [1.807, 2.05) is 36.4 Å². The first-order valence-electron chi connectivity index (χ1n) is 18.5. The van der Waals surface area contributed by atoms with E-state index in [1.54, 1.807) is 0 Å². The zero-order valence-electron chi connectivity index (χ0n) is 29.9. The lowest BCUT2D eigenvalue weighted by atomic mass is 10.0. The van der Waals surface area contributed by atoms with Crippen LogP contribution >= 0.6 is 0 Å². The van der Waals surface area contributed by atoms with Gasteiger partial charge in [-0.05, 0) is 57.6 Å². The fraction of sp³-hybridized carbons (Fsp3) is 0. The van der Waals surface area contributed by atoms with Crippen LogP contribution in [0, 0.1) is 0 Å². The third-order valence-electron chi connectivity index (χ3n) is 10.3. The highest BCUT2D eigenvalue weighted by Gasteiger charge is 2.16. The summed E-state index contributed by atoms with van der Waals surface area (Å²) in [6.45, 7) is 0. The Balaban J connectivity index is 1.02.